The monoisotopic (exact) mass is 312 g/mol. The Morgan fingerprint density at radius 1 is 1.30 bits per heavy atom. The number of fused-ring (bicyclic) bond motifs is 1. The molecule has 122 valence electrons. The Kier molecular flexibility index (Phi) is 4.16. The quantitative estimate of drug-likeness (QED) is 0.849. The number of hydrogen-bond acceptors (Lipinski definition) is 2. The first-order valence-electron chi connectivity index (χ1n) is 8.17. The Hall–Kier alpha value is -2.23. The first-order valence-corrected chi connectivity index (χ1v) is 8.17. The summed E-state index contributed by atoms with van der Waals surface area (Å²) in [5.74, 6) is 0. The molecule has 0 saturated heterocycles. The zero-order valence-electron chi connectivity index (χ0n) is 14.0. The third-order valence-electron chi connectivity index (χ3n) is 4.06. The zero-order chi connectivity index (χ0) is 16.4. The first-order chi connectivity index (χ1) is 10.9. The SMILES string of the molecule is CC(C)(C)OC(=O)NC1CC=C(c2ccc3cc[nH]c3c2)CC1. The van der Waals surface area contributed by atoms with Crippen molar-refractivity contribution in [1.82, 2.24) is 10.3 Å². The molecule has 1 heterocycles. The average Bonchev–Trinajstić information content (AvgIpc) is 2.93. The molecule has 23 heavy (non-hydrogen) atoms. The maximum Gasteiger partial charge on any atom is 0.407 e. The van der Waals surface area contributed by atoms with Gasteiger partial charge in [-0.25, -0.2) is 4.79 Å². The fourth-order valence-electron chi connectivity index (χ4n) is 2.95. The number of hydrogen-bond donors (Lipinski definition) is 2. The molecule has 0 radical (unpaired) electrons. The summed E-state index contributed by atoms with van der Waals surface area (Å²) in [6.45, 7) is 5.63. The lowest BCUT2D eigenvalue weighted by molar-refractivity contribution is 0.0502. The van der Waals surface area contributed by atoms with E-state index in [0.717, 1.165) is 24.8 Å². The number of carbonyl (C=O) groups excluding carboxylic acids is 1. The van der Waals surface area contributed by atoms with Crippen molar-refractivity contribution >= 4 is 22.6 Å². The number of nitrogens with one attached hydrogen (secondary N) is 2. The molecule has 1 aromatic carbocycles. The minimum absolute atomic E-state index is 0.155. The number of rotatable bonds is 2. The zero-order valence-corrected chi connectivity index (χ0v) is 14.0. The number of carbonyl (C=O) groups is 1. The second kappa shape index (κ2) is 6.11. The van der Waals surface area contributed by atoms with Crippen LogP contribution in [0.5, 0.6) is 0 Å². The van der Waals surface area contributed by atoms with Crippen molar-refractivity contribution in [2.45, 2.75) is 51.7 Å². The molecule has 0 saturated carbocycles. The van der Waals surface area contributed by atoms with Gasteiger partial charge in [0.25, 0.3) is 0 Å². The van der Waals surface area contributed by atoms with E-state index < -0.39 is 5.60 Å². The van der Waals surface area contributed by atoms with E-state index >= 15 is 0 Å². The minimum Gasteiger partial charge on any atom is -0.444 e. The van der Waals surface area contributed by atoms with Crippen LogP contribution in [0, 0.1) is 0 Å². The van der Waals surface area contributed by atoms with Crippen molar-refractivity contribution in [3.63, 3.8) is 0 Å². The van der Waals surface area contributed by atoms with Crippen LogP contribution < -0.4 is 5.32 Å². The highest BCUT2D eigenvalue weighted by atomic mass is 16.6. The summed E-state index contributed by atoms with van der Waals surface area (Å²) in [7, 11) is 0. The molecule has 1 atom stereocenters. The number of amides is 1. The minimum atomic E-state index is -0.453. The van der Waals surface area contributed by atoms with E-state index in [9.17, 15) is 4.79 Å². The van der Waals surface area contributed by atoms with E-state index in [1.807, 2.05) is 27.0 Å². The molecule has 1 amide bonds. The highest BCUT2D eigenvalue weighted by Gasteiger charge is 2.21. The van der Waals surface area contributed by atoms with E-state index in [2.05, 4.69) is 40.6 Å². The fourth-order valence-corrected chi connectivity index (χ4v) is 2.95. The van der Waals surface area contributed by atoms with Crippen molar-refractivity contribution in [1.29, 1.82) is 0 Å². The summed E-state index contributed by atoms with van der Waals surface area (Å²) in [6.07, 6.45) is 6.62. The van der Waals surface area contributed by atoms with Crippen molar-refractivity contribution in [2.75, 3.05) is 0 Å². The lowest BCUT2D eigenvalue weighted by atomic mass is 9.90. The first kappa shape index (κ1) is 15.7. The summed E-state index contributed by atoms with van der Waals surface area (Å²) >= 11 is 0. The number of aromatic nitrogens is 1. The largest absolute Gasteiger partial charge is 0.444 e. The normalized spacial score (nSPS) is 18.6. The fraction of sp³-hybridized carbons (Fsp3) is 0.421. The van der Waals surface area contributed by atoms with Crippen LogP contribution in [0.25, 0.3) is 16.5 Å². The maximum atomic E-state index is 11.8. The summed E-state index contributed by atoms with van der Waals surface area (Å²) in [5.41, 5.74) is 3.32. The van der Waals surface area contributed by atoms with Crippen molar-refractivity contribution < 1.29 is 9.53 Å². The Bertz CT molecular complexity index is 737. The van der Waals surface area contributed by atoms with E-state index in [4.69, 9.17) is 4.74 Å². The van der Waals surface area contributed by atoms with Crippen LogP contribution in [0.2, 0.25) is 0 Å². The smallest absolute Gasteiger partial charge is 0.407 e. The molecule has 0 fully saturated rings. The van der Waals surface area contributed by atoms with Gasteiger partial charge in [-0.2, -0.15) is 0 Å². The predicted molar refractivity (Wildman–Crippen MR) is 93.3 cm³/mol. The number of allylic oxidation sites excluding steroid dienone is 1. The molecule has 1 aromatic heterocycles. The maximum absolute atomic E-state index is 11.8. The Balaban J connectivity index is 1.62. The third-order valence-corrected chi connectivity index (χ3v) is 4.06. The molecule has 1 aliphatic carbocycles. The van der Waals surface area contributed by atoms with Crippen molar-refractivity contribution in [2.24, 2.45) is 0 Å². The second-order valence-corrected chi connectivity index (χ2v) is 7.13. The van der Waals surface area contributed by atoms with Crippen molar-refractivity contribution in [3.05, 3.63) is 42.1 Å². The molecule has 1 aliphatic rings. The molecule has 1 unspecified atom stereocenters. The molecular formula is C19H24N2O2. The van der Waals surface area contributed by atoms with Gasteiger partial charge in [0, 0.05) is 17.8 Å². The van der Waals surface area contributed by atoms with Crippen molar-refractivity contribution in [3.8, 4) is 0 Å². The van der Waals surface area contributed by atoms with Gasteiger partial charge in [-0.1, -0.05) is 18.2 Å². The summed E-state index contributed by atoms with van der Waals surface area (Å²) in [6, 6.07) is 8.75. The summed E-state index contributed by atoms with van der Waals surface area (Å²) < 4.78 is 5.32. The standard InChI is InChI=1S/C19H24N2O2/c1-19(2,3)23-18(22)21-16-8-6-13(7-9-16)15-5-4-14-10-11-20-17(14)12-15/h4-6,10-12,16,20H,7-9H2,1-3H3,(H,21,22). The van der Waals surface area contributed by atoms with Crippen LogP contribution in [0.15, 0.2) is 36.5 Å². The van der Waals surface area contributed by atoms with E-state index in [-0.39, 0.29) is 12.1 Å². The van der Waals surface area contributed by atoms with Crippen LogP contribution in [-0.2, 0) is 4.74 Å². The third kappa shape index (κ3) is 3.95. The lowest BCUT2D eigenvalue weighted by Crippen LogP contribution is -2.39. The summed E-state index contributed by atoms with van der Waals surface area (Å²) in [4.78, 5) is 15.1. The molecule has 3 rings (SSSR count). The topological polar surface area (TPSA) is 54.1 Å². The Morgan fingerprint density at radius 3 is 2.83 bits per heavy atom. The number of ether oxygens (including phenoxy) is 1. The Labute approximate surface area is 136 Å². The van der Waals surface area contributed by atoms with Gasteiger partial charge in [0.15, 0.2) is 0 Å². The van der Waals surface area contributed by atoms with Gasteiger partial charge in [0.2, 0.25) is 0 Å². The van der Waals surface area contributed by atoms with Gasteiger partial charge in [-0.15, -0.1) is 0 Å². The predicted octanol–water partition coefficient (Wildman–Crippen LogP) is 4.63. The second-order valence-electron chi connectivity index (χ2n) is 7.13. The number of H-pyrrole nitrogens is 1. The average molecular weight is 312 g/mol. The highest BCUT2D eigenvalue weighted by Crippen LogP contribution is 2.29. The molecule has 0 aliphatic heterocycles. The molecule has 0 bridgehead atoms. The van der Waals surface area contributed by atoms with Crippen LogP contribution >= 0.6 is 0 Å². The van der Waals surface area contributed by atoms with Gasteiger partial charge in [0.1, 0.15) is 5.60 Å². The molecule has 2 aromatic rings. The lowest BCUT2D eigenvalue weighted by Gasteiger charge is -2.26. The molecule has 4 nitrogen and oxygen atoms in total. The number of aromatic amines is 1. The number of alkyl carbamates (subject to hydrolysis) is 1. The Morgan fingerprint density at radius 2 is 2.13 bits per heavy atom. The molecule has 2 N–H and O–H groups in total. The van der Waals surface area contributed by atoms with Crippen LogP contribution in [-0.4, -0.2) is 22.7 Å². The summed E-state index contributed by atoms with van der Waals surface area (Å²) in [5, 5.41) is 4.19. The van der Waals surface area contributed by atoms with Gasteiger partial charge < -0.3 is 15.0 Å². The van der Waals surface area contributed by atoms with Gasteiger partial charge in [-0.3, -0.25) is 0 Å². The molecular weight excluding hydrogens is 288 g/mol. The van der Waals surface area contributed by atoms with Gasteiger partial charge >= 0.3 is 6.09 Å². The van der Waals surface area contributed by atoms with Gasteiger partial charge in [-0.05, 0) is 68.7 Å². The van der Waals surface area contributed by atoms with E-state index in [1.165, 1.54) is 16.5 Å². The molecule has 0 spiro atoms. The van der Waals surface area contributed by atoms with Crippen LogP contribution in [0.1, 0.15) is 45.6 Å². The van der Waals surface area contributed by atoms with Gasteiger partial charge in [0.05, 0.1) is 0 Å². The number of benzene rings is 1. The van der Waals surface area contributed by atoms with E-state index in [0.29, 0.717) is 0 Å². The molecule has 4 heteroatoms. The van der Waals surface area contributed by atoms with Crippen LogP contribution in [0.3, 0.4) is 0 Å². The van der Waals surface area contributed by atoms with Crippen LogP contribution in [0.4, 0.5) is 4.79 Å². The van der Waals surface area contributed by atoms with E-state index in [1.54, 1.807) is 0 Å². The highest BCUT2D eigenvalue weighted by molar-refractivity contribution is 5.84.